The highest BCUT2D eigenvalue weighted by Gasteiger charge is 2.43. The monoisotopic (exact) mass is 632 g/mol. The molecule has 4 rings (SSSR count). The summed E-state index contributed by atoms with van der Waals surface area (Å²) >= 11 is 0. The molecular formula is C33H48N2O10. The number of nitro benzene ring substituents is 2. The van der Waals surface area contributed by atoms with Gasteiger partial charge < -0.3 is 19.7 Å². The summed E-state index contributed by atoms with van der Waals surface area (Å²) in [6, 6.07) is 5.54. The standard InChI is InChI=1S/C14H19NO5.C14H17NO4.C4H8O.CH4/c1-13(2,3)8-6-9(14(4,5)12(17)18)11(16)7-10(8)15(19)20;1-13(2,3)8-6-9-11(7-10(8)15(17)18)19-12(16)14(9,4)5;1-2-4-5-3-1;/h6-7,16H,1-5H3,(H,17,18);6-7H,1-5H3;1-4H2;1H4. The number of aromatic hydroxyl groups is 1. The summed E-state index contributed by atoms with van der Waals surface area (Å²) < 4.78 is 10.1. The van der Waals surface area contributed by atoms with Gasteiger partial charge in [-0.25, -0.2) is 0 Å². The minimum Gasteiger partial charge on any atom is -0.507 e. The smallest absolute Gasteiger partial charge is 0.321 e. The molecule has 2 aliphatic rings. The van der Waals surface area contributed by atoms with Crippen LogP contribution in [0.5, 0.6) is 11.5 Å². The van der Waals surface area contributed by atoms with Crippen LogP contribution in [-0.2, 0) is 36.0 Å². The fourth-order valence-electron chi connectivity index (χ4n) is 4.69. The number of carboxylic acids is 1. The number of carbonyl (C=O) groups excluding carboxylic acids is 1. The summed E-state index contributed by atoms with van der Waals surface area (Å²) in [6.07, 6.45) is 2.56. The number of hydrogen-bond acceptors (Lipinski definition) is 9. The molecule has 2 aliphatic heterocycles. The first-order chi connectivity index (χ1) is 19.9. The van der Waals surface area contributed by atoms with Crippen molar-refractivity contribution in [2.45, 2.75) is 111 Å². The van der Waals surface area contributed by atoms with E-state index < -0.39 is 32.1 Å². The highest BCUT2D eigenvalue weighted by molar-refractivity contribution is 5.90. The van der Waals surface area contributed by atoms with Crippen LogP contribution in [0.4, 0.5) is 11.4 Å². The van der Waals surface area contributed by atoms with Crippen LogP contribution in [0.25, 0.3) is 0 Å². The number of ether oxygens (including phenoxy) is 2. The Hall–Kier alpha value is -4.06. The van der Waals surface area contributed by atoms with Gasteiger partial charge in [-0.3, -0.25) is 29.8 Å². The number of nitro groups is 2. The highest BCUT2D eigenvalue weighted by Crippen LogP contribution is 2.45. The molecule has 0 atom stereocenters. The minimum atomic E-state index is -1.33. The molecule has 1 saturated heterocycles. The van der Waals surface area contributed by atoms with E-state index in [4.69, 9.17) is 9.47 Å². The Morgan fingerprint density at radius 1 is 0.822 bits per heavy atom. The molecule has 250 valence electrons. The predicted octanol–water partition coefficient (Wildman–Crippen LogP) is 7.48. The zero-order chi connectivity index (χ0) is 34.0. The first kappa shape index (κ1) is 39.0. The van der Waals surface area contributed by atoms with Gasteiger partial charge in [0.15, 0.2) is 0 Å². The third kappa shape index (κ3) is 8.78. The number of benzene rings is 2. The van der Waals surface area contributed by atoms with Gasteiger partial charge in [-0.2, -0.15) is 0 Å². The molecule has 0 amide bonds. The molecule has 12 nitrogen and oxygen atoms in total. The molecule has 2 aromatic rings. The summed E-state index contributed by atoms with van der Waals surface area (Å²) in [5.41, 5.74) is -1.33. The Kier molecular flexibility index (Phi) is 12.1. The number of esters is 1. The van der Waals surface area contributed by atoms with E-state index in [0.717, 1.165) is 19.3 Å². The quantitative estimate of drug-likeness (QED) is 0.148. The summed E-state index contributed by atoms with van der Waals surface area (Å²) in [6.45, 7) is 19.5. The molecule has 0 aliphatic carbocycles. The van der Waals surface area contributed by atoms with E-state index in [0.29, 0.717) is 22.4 Å². The molecule has 12 heteroatoms. The van der Waals surface area contributed by atoms with E-state index in [-0.39, 0.29) is 41.5 Å². The zero-order valence-electron chi connectivity index (χ0n) is 27.2. The van der Waals surface area contributed by atoms with Crippen LogP contribution in [0.3, 0.4) is 0 Å². The van der Waals surface area contributed by atoms with Gasteiger partial charge >= 0.3 is 11.9 Å². The lowest BCUT2D eigenvalue weighted by molar-refractivity contribution is -0.386. The Labute approximate surface area is 265 Å². The molecule has 0 unspecified atom stereocenters. The van der Waals surface area contributed by atoms with Crippen molar-refractivity contribution >= 4 is 23.3 Å². The second kappa shape index (κ2) is 13.9. The summed E-state index contributed by atoms with van der Waals surface area (Å²) in [7, 11) is 0. The van der Waals surface area contributed by atoms with Gasteiger partial charge in [-0.1, -0.05) is 49.0 Å². The molecule has 0 spiro atoms. The number of rotatable bonds is 4. The Bertz CT molecular complexity index is 1440. The maximum absolute atomic E-state index is 11.8. The van der Waals surface area contributed by atoms with Gasteiger partial charge in [0.25, 0.3) is 11.4 Å². The fourth-order valence-corrected chi connectivity index (χ4v) is 4.69. The largest absolute Gasteiger partial charge is 0.507 e. The van der Waals surface area contributed by atoms with E-state index >= 15 is 0 Å². The normalized spacial score (nSPS) is 15.3. The first-order valence-electron chi connectivity index (χ1n) is 14.3. The summed E-state index contributed by atoms with van der Waals surface area (Å²) in [5, 5.41) is 41.5. The number of nitrogens with zero attached hydrogens (tertiary/aromatic N) is 2. The molecule has 0 bridgehead atoms. The number of carbonyl (C=O) groups is 2. The Morgan fingerprint density at radius 2 is 1.27 bits per heavy atom. The maximum Gasteiger partial charge on any atom is 0.321 e. The molecular weight excluding hydrogens is 584 g/mol. The Morgan fingerprint density at radius 3 is 1.64 bits per heavy atom. The molecule has 0 aromatic heterocycles. The van der Waals surface area contributed by atoms with Crippen molar-refractivity contribution < 1.29 is 39.1 Å². The number of fused-ring (bicyclic) bond motifs is 1. The SMILES string of the molecule is C.C1CCOC1.CC(C)(C)c1cc(C(C)(C)C(=O)O)c(O)cc1[N+](=O)[O-].CC(C)(C)c1cc2c(cc1[N+](=O)[O-])OC(=O)C2(C)C. The lowest BCUT2D eigenvalue weighted by Crippen LogP contribution is -2.29. The van der Waals surface area contributed by atoms with E-state index in [1.165, 1.54) is 38.8 Å². The fraction of sp³-hybridized carbons (Fsp3) is 0.576. The second-order valence-corrected chi connectivity index (χ2v) is 14.0. The molecule has 0 saturated carbocycles. The van der Waals surface area contributed by atoms with Crippen LogP contribution in [0.2, 0.25) is 0 Å². The number of aliphatic carboxylic acids is 1. The van der Waals surface area contributed by atoms with Gasteiger partial charge in [-0.15, -0.1) is 0 Å². The second-order valence-electron chi connectivity index (χ2n) is 14.0. The minimum absolute atomic E-state index is 0. The van der Waals surface area contributed by atoms with Crippen molar-refractivity contribution in [2.75, 3.05) is 13.2 Å². The van der Waals surface area contributed by atoms with Crippen molar-refractivity contribution in [3.05, 3.63) is 66.7 Å². The van der Waals surface area contributed by atoms with Crippen LogP contribution in [0.1, 0.15) is 112 Å². The molecule has 2 aromatic carbocycles. The lowest BCUT2D eigenvalue weighted by Gasteiger charge is -2.25. The van der Waals surface area contributed by atoms with Crippen molar-refractivity contribution in [2.24, 2.45) is 0 Å². The molecule has 1 fully saturated rings. The number of phenolic OH excluding ortho intramolecular Hbond substituents is 1. The molecule has 2 heterocycles. The summed E-state index contributed by atoms with van der Waals surface area (Å²) in [5.74, 6) is -1.56. The topological polar surface area (TPSA) is 179 Å². The third-order valence-electron chi connectivity index (χ3n) is 7.64. The van der Waals surface area contributed by atoms with Crippen LogP contribution in [0.15, 0.2) is 24.3 Å². The predicted molar refractivity (Wildman–Crippen MR) is 171 cm³/mol. The average Bonchev–Trinajstić information content (AvgIpc) is 3.53. The van der Waals surface area contributed by atoms with Crippen LogP contribution < -0.4 is 4.74 Å². The zero-order valence-corrected chi connectivity index (χ0v) is 27.2. The third-order valence-corrected chi connectivity index (χ3v) is 7.64. The van der Waals surface area contributed by atoms with Gasteiger partial charge in [0, 0.05) is 35.5 Å². The van der Waals surface area contributed by atoms with Crippen molar-refractivity contribution in [3.63, 3.8) is 0 Å². The van der Waals surface area contributed by atoms with Crippen LogP contribution >= 0.6 is 0 Å². The van der Waals surface area contributed by atoms with Gasteiger partial charge in [-0.05, 0) is 63.5 Å². The first-order valence-corrected chi connectivity index (χ1v) is 14.3. The van der Waals surface area contributed by atoms with E-state index in [1.807, 2.05) is 20.8 Å². The van der Waals surface area contributed by atoms with Crippen molar-refractivity contribution in [1.82, 2.24) is 0 Å². The van der Waals surface area contributed by atoms with Crippen LogP contribution in [-0.4, -0.2) is 45.2 Å². The lowest BCUT2D eigenvalue weighted by atomic mass is 9.78. The van der Waals surface area contributed by atoms with E-state index in [9.17, 15) is 40.0 Å². The number of carboxylic acid groups (broad SMARTS) is 1. The number of phenols is 1. The van der Waals surface area contributed by atoms with Gasteiger partial charge in [0.2, 0.25) is 0 Å². The maximum atomic E-state index is 11.8. The van der Waals surface area contributed by atoms with E-state index in [1.54, 1.807) is 40.7 Å². The molecule has 45 heavy (non-hydrogen) atoms. The average molecular weight is 633 g/mol. The molecule has 2 N–H and O–H groups in total. The van der Waals surface area contributed by atoms with E-state index in [2.05, 4.69) is 0 Å². The van der Waals surface area contributed by atoms with Gasteiger partial charge in [0.1, 0.15) is 11.5 Å². The Balaban J connectivity index is 0.000000381. The van der Waals surface area contributed by atoms with Crippen molar-refractivity contribution in [1.29, 1.82) is 0 Å². The van der Waals surface area contributed by atoms with Crippen molar-refractivity contribution in [3.8, 4) is 11.5 Å². The molecule has 0 radical (unpaired) electrons. The number of hydrogen-bond donors (Lipinski definition) is 2. The van der Waals surface area contributed by atoms with Crippen LogP contribution in [0, 0.1) is 20.2 Å². The summed E-state index contributed by atoms with van der Waals surface area (Å²) in [4.78, 5) is 44.4. The highest BCUT2D eigenvalue weighted by atomic mass is 16.6. The van der Waals surface area contributed by atoms with Gasteiger partial charge in [0.05, 0.1) is 32.8 Å².